The Labute approximate surface area is 102 Å². The molecule has 1 amide bonds. The van der Waals surface area contributed by atoms with E-state index in [9.17, 15) is 4.79 Å². The Bertz CT molecular complexity index is 336. The second-order valence-corrected chi connectivity index (χ2v) is 3.94. The van der Waals surface area contributed by atoms with E-state index >= 15 is 0 Å². The standard InChI is InChI=1S/C13H20N2O2/c1-17-10-2-3-13(16)15-9-8-11-4-6-12(14)7-5-11/h4-7H,2-3,8-10,14H2,1H3,(H,15,16). The zero-order chi connectivity index (χ0) is 12.5. The minimum atomic E-state index is 0.0810. The van der Waals surface area contributed by atoms with Crippen LogP contribution in [-0.4, -0.2) is 26.2 Å². The summed E-state index contributed by atoms with van der Waals surface area (Å²) in [6.45, 7) is 1.29. The van der Waals surface area contributed by atoms with Crippen LogP contribution in [0.4, 0.5) is 5.69 Å². The van der Waals surface area contributed by atoms with Gasteiger partial charge in [0.05, 0.1) is 0 Å². The van der Waals surface area contributed by atoms with Crippen molar-refractivity contribution in [1.82, 2.24) is 5.32 Å². The molecule has 94 valence electrons. The van der Waals surface area contributed by atoms with Gasteiger partial charge < -0.3 is 15.8 Å². The van der Waals surface area contributed by atoms with Gasteiger partial charge in [-0.15, -0.1) is 0 Å². The zero-order valence-corrected chi connectivity index (χ0v) is 10.2. The number of hydrogen-bond acceptors (Lipinski definition) is 3. The SMILES string of the molecule is COCCCC(=O)NCCc1ccc(N)cc1. The lowest BCUT2D eigenvalue weighted by molar-refractivity contribution is -0.121. The van der Waals surface area contributed by atoms with Gasteiger partial charge in [0.15, 0.2) is 0 Å². The van der Waals surface area contributed by atoms with Crippen molar-refractivity contribution >= 4 is 11.6 Å². The Kier molecular flexibility index (Phi) is 6.10. The largest absolute Gasteiger partial charge is 0.399 e. The van der Waals surface area contributed by atoms with Gasteiger partial charge in [-0.2, -0.15) is 0 Å². The van der Waals surface area contributed by atoms with E-state index in [1.54, 1.807) is 7.11 Å². The van der Waals surface area contributed by atoms with Crippen LogP contribution < -0.4 is 11.1 Å². The monoisotopic (exact) mass is 236 g/mol. The van der Waals surface area contributed by atoms with Crippen molar-refractivity contribution in [2.75, 3.05) is 26.0 Å². The number of carbonyl (C=O) groups is 1. The zero-order valence-electron chi connectivity index (χ0n) is 10.2. The van der Waals surface area contributed by atoms with Gasteiger partial charge in [-0.25, -0.2) is 0 Å². The highest BCUT2D eigenvalue weighted by Crippen LogP contribution is 2.05. The van der Waals surface area contributed by atoms with E-state index < -0.39 is 0 Å². The molecule has 1 rings (SSSR count). The number of carbonyl (C=O) groups excluding carboxylic acids is 1. The molecule has 4 heteroatoms. The van der Waals surface area contributed by atoms with Crippen LogP contribution in [-0.2, 0) is 16.0 Å². The number of ether oxygens (including phenoxy) is 1. The molecule has 0 heterocycles. The molecule has 0 bridgehead atoms. The number of nitrogen functional groups attached to an aromatic ring is 1. The van der Waals surface area contributed by atoms with E-state index in [-0.39, 0.29) is 5.91 Å². The minimum Gasteiger partial charge on any atom is -0.399 e. The Morgan fingerprint density at radius 3 is 2.71 bits per heavy atom. The van der Waals surface area contributed by atoms with Crippen LogP contribution >= 0.6 is 0 Å². The molecule has 1 aromatic rings. The minimum absolute atomic E-state index is 0.0810. The summed E-state index contributed by atoms with van der Waals surface area (Å²) in [4.78, 5) is 11.4. The summed E-state index contributed by atoms with van der Waals surface area (Å²) >= 11 is 0. The van der Waals surface area contributed by atoms with Crippen molar-refractivity contribution in [1.29, 1.82) is 0 Å². The number of methoxy groups -OCH3 is 1. The van der Waals surface area contributed by atoms with Crippen LogP contribution in [0.1, 0.15) is 18.4 Å². The van der Waals surface area contributed by atoms with Crippen LogP contribution in [0.15, 0.2) is 24.3 Å². The summed E-state index contributed by atoms with van der Waals surface area (Å²) in [5.74, 6) is 0.0810. The van der Waals surface area contributed by atoms with Gasteiger partial charge in [0.25, 0.3) is 0 Å². The third-order valence-electron chi connectivity index (χ3n) is 2.47. The molecule has 0 atom stereocenters. The summed E-state index contributed by atoms with van der Waals surface area (Å²) in [6, 6.07) is 7.70. The fraction of sp³-hybridized carbons (Fsp3) is 0.462. The molecule has 0 saturated heterocycles. The highest BCUT2D eigenvalue weighted by Gasteiger charge is 2.00. The van der Waals surface area contributed by atoms with Gasteiger partial charge in [0.2, 0.25) is 5.91 Å². The van der Waals surface area contributed by atoms with Crippen molar-refractivity contribution in [3.63, 3.8) is 0 Å². The molecule has 0 aliphatic heterocycles. The normalized spacial score (nSPS) is 10.2. The molecule has 1 aromatic carbocycles. The molecule has 0 aliphatic rings. The van der Waals surface area contributed by atoms with Crippen molar-refractivity contribution in [3.8, 4) is 0 Å². The Balaban J connectivity index is 2.14. The molecule has 0 radical (unpaired) electrons. The van der Waals surface area contributed by atoms with Gasteiger partial charge in [-0.05, 0) is 30.5 Å². The maximum Gasteiger partial charge on any atom is 0.220 e. The number of benzene rings is 1. The summed E-state index contributed by atoms with van der Waals surface area (Å²) in [7, 11) is 1.64. The molecule has 0 unspecified atom stereocenters. The van der Waals surface area contributed by atoms with Crippen molar-refractivity contribution in [3.05, 3.63) is 29.8 Å². The van der Waals surface area contributed by atoms with E-state index in [4.69, 9.17) is 10.5 Å². The van der Waals surface area contributed by atoms with Crippen LogP contribution in [0.5, 0.6) is 0 Å². The van der Waals surface area contributed by atoms with Crippen LogP contribution in [0.2, 0.25) is 0 Å². The average Bonchev–Trinajstić information content (AvgIpc) is 2.32. The van der Waals surface area contributed by atoms with Crippen LogP contribution in [0, 0.1) is 0 Å². The van der Waals surface area contributed by atoms with Gasteiger partial charge in [0, 0.05) is 32.4 Å². The summed E-state index contributed by atoms with van der Waals surface area (Å²) in [6.07, 6.45) is 2.12. The molecular weight excluding hydrogens is 216 g/mol. The molecular formula is C13H20N2O2. The first-order valence-electron chi connectivity index (χ1n) is 5.82. The van der Waals surface area contributed by atoms with Crippen molar-refractivity contribution < 1.29 is 9.53 Å². The Morgan fingerprint density at radius 2 is 2.06 bits per heavy atom. The lowest BCUT2D eigenvalue weighted by Crippen LogP contribution is -2.25. The predicted octanol–water partition coefficient (Wildman–Crippen LogP) is 1.35. The fourth-order valence-electron chi connectivity index (χ4n) is 1.50. The van der Waals surface area contributed by atoms with Gasteiger partial charge in [-0.1, -0.05) is 12.1 Å². The second-order valence-electron chi connectivity index (χ2n) is 3.94. The molecule has 0 aliphatic carbocycles. The first kappa shape index (κ1) is 13.5. The fourth-order valence-corrected chi connectivity index (χ4v) is 1.50. The highest BCUT2D eigenvalue weighted by molar-refractivity contribution is 5.75. The van der Waals surface area contributed by atoms with E-state index in [1.807, 2.05) is 24.3 Å². The first-order chi connectivity index (χ1) is 8.22. The number of hydrogen-bond donors (Lipinski definition) is 2. The Morgan fingerprint density at radius 1 is 1.35 bits per heavy atom. The van der Waals surface area contributed by atoms with Gasteiger partial charge >= 0.3 is 0 Å². The number of amides is 1. The molecule has 3 N–H and O–H groups in total. The van der Waals surface area contributed by atoms with E-state index in [0.29, 0.717) is 19.6 Å². The Hall–Kier alpha value is -1.55. The second kappa shape index (κ2) is 7.68. The first-order valence-corrected chi connectivity index (χ1v) is 5.82. The third-order valence-corrected chi connectivity index (χ3v) is 2.47. The van der Waals surface area contributed by atoms with E-state index in [0.717, 1.165) is 18.5 Å². The average molecular weight is 236 g/mol. The topological polar surface area (TPSA) is 64.3 Å². The molecule has 0 saturated carbocycles. The van der Waals surface area contributed by atoms with Crippen molar-refractivity contribution in [2.45, 2.75) is 19.3 Å². The number of anilines is 1. The predicted molar refractivity (Wildman–Crippen MR) is 68.7 cm³/mol. The molecule has 0 fully saturated rings. The highest BCUT2D eigenvalue weighted by atomic mass is 16.5. The lowest BCUT2D eigenvalue weighted by atomic mass is 10.1. The smallest absolute Gasteiger partial charge is 0.220 e. The lowest BCUT2D eigenvalue weighted by Gasteiger charge is -2.05. The molecule has 0 aromatic heterocycles. The number of nitrogens with two attached hydrogens (primary N) is 1. The molecule has 17 heavy (non-hydrogen) atoms. The van der Waals surface area contributed by atoms with Gasteiger partial charge in [-0.3, -0.25) is 4.79 Å². The third kappa shape index (κ3) is 5.92. The van der Waals surface area contributed by atoms with Crippen LogP contribution in [0.3, 0.4) is 0 Å². The quantitative estimate of drug-likeness (QED) is 0.555. The molecule has 0 spiro atoms. The summed E-state index contributed by atoms with van der Waals surface area (Å²) in [5.41, 5.74) is 7.53. The van der Waals surface area contributed by atoms with Crippen molar-refractivity contribution in [2.24, 2.45) is 0 Å². The summed E-state index contributed by atoms with van der Waals surface area (Å²) < 4.78 is 4.89. The van der Waals surface area contributed by atoms with Crippen LogP contribution in [0.25, 0.3) is 0 Å². The van der Waals surface area contributed by atoms with E-state index in [2.05, 4.69) is 5.32 Å². The molecule has 4 nitrogen and oxygen atoms in total. The van der Waals surface area contributed by atoms with Gasteiger partial charge in [0.1, 0.15) is 0 Å². The summed E-state index contributed by atoms with van der Waals surface area (Å²) in [5, 5.41) is 2.88. The maximum atomic E-state index is 11.4. The number of rotatable bonds is 7. The number of nitrogens with one attached hydrogen (secondary N) is 1. The maximum absolute atomic E-state index is 11.4. The van der Waals surface area contributed by atoms with E-state index in [1.165, 1.54) is 5.56 Å².